The molecule has 0 saturated carbocycles. The summed E-state index contributed by atoms with van der Waals surface area (Å²) < 4.78 is 22.5. The van der Waals surface area contributed by atoms with Crippen molar-refractivity contribution in [2.24, 2.45) is 0 Å². The molecule has 2 rings (SSSR count). The molecule has 10 heteroatoms. The molecule has 1 aromatic rings. The predicted molar refractivity (Wildman–Crippen MR) is 72.3 cm³/mol. The highest BCUT2D eigenvalue weighted by atomic mass is 35.7. The lowest BCUT2D eigenvalue weighted by molar-refractivity contribution is -0.117. The number of hydrogen-bond donors (Lipinski definition) is 0. The Balaban J connectivity index is 2.42. The average molecular weight is 345 g/mol. The van der Waals surface area contributed by atoms with Crippen LogP contribution in [0.3, 0.4) is 0 Å². The zero-order chi connectivity index (χ0) is 14.4. The Bertz CT molecular complexity index is 626. The molecule has 6 nitrogen and oxygen atoms in total. The van der Waals surface area contributed by atoms with Gasteiger partial charge in [0, 0.05) is 23.6 Å². The first-order valence-electron chi connectivity index (χ1n) is 5.13. The maximum Gasteiger partial charge on any atom is 0.237 e. The van der Waals surface area contributed by atoms with Crippen molar-refractivity contribution in [3.8, 4) is 0 Å². The van der Waals surface area contributed by atoms with Crippen molar-refractivity contribution in [1.82, 2.24) is 9.97 Å². The first-order valence-corrected chi connectivity index (χ1v) is 8.26. The van der Waals surface area contributed by atoms with E-state index in [2.05, 4.69) is 9.97 Å². The molecule has 0 aromatic carbocycles. The fourth-order valence-electron chi connectivity index (χ4n) is 1.80. The highest BCUT2D eigenvalue weighted by Crippen LogP contribution is 2.35. The van der Waals surface area contributed by atoms with Crippen LogP contribution >= 0.6 is 33.9 Å². The molecular weight excluding hydrogens is 337 g/mol. The number of carbonyl (C=O) groups is 1. The lowest BCUT2D eigenvalue weighted by Gasteiger charge is -2.18. The van der Waals surface area contributed by atoms with Gasteiger partial charge in [-0.05, 0) is 6.92 Å². The molecule has 1 unspecified atom stereocenters. The van der Waals surface area contributed by atoms with Crippen molar-refractivity contribution >= 4 is 54.5 Å². The number of hydrogen-bond acceptors (Lipinski definition) is 5. The van der Waals surface area contributed by atoms with Gasteiger partial charge in [0.1, 0.15) is 16.8 Å². The van der Waals surface area contributed by atoms with Crippen LogP contribution in [0.1, 0.15) is 12.2 Å². The van der Waals surface area contributed by atoms with Crippen LogP contribution in [0, 0.1) is 6.92 Å². The van der Waals surface area contributed by atoms with E-state index in [0.717, 1.165) is 4.90 Å². The summed E-state index contributed by atoms with van der Waals surface area (Å²) in [4.78, 5) is 20.8. The van der Waals surface area contributed by atoms with Gasteiger partial charge in [0.15, 0.2) is 10.3 Å². The summed E-state index contributed by atoms with van der Waals surface area (Å²) in [6, 6.07) is 0. The van der Waals surface area contributed by atoms with Crippen LogP contribution in [-0.4, -0.2) is 36.1 Å². The molecule has 1 fully saturated rings. The Morgan fingerprint density at radius 2 is 1.79 bits per heavy atom. The number of amides is 1. The molecule has 0 bridgehead atoms. The zero-order valence-electron chi connectivity index (χ0n) is 9.60. The quantitative estimate of drug-likeness (QED) is 0.603. The summed E-state index contributed by atoms with van der Waals surface area (Å²) in [7, 11) is 1.43. The van der Waals surface area contributed by atoms with E-state index in [-0.39, 0.29) is 29.0 Å². The van der Waals surface area contributed by atoms with E-state index >= 15 is 0 Å². The summed E-state index contributed by atoms with van der Waals surface area (Å²) in [6.45, 7) is 1.48. The Morgan fingerprint density at radius 1 is 1.26 bits per heavy atom. The Kier molecular flexibility index (Phi) is 3.92. The van der Waals surface area contributed by atoms with Crippen LogP contribution in [0.5, 0.6) is 0 Å². The summed E-state index contributed by atoms with van der Waals surface area (Å²) in [5.41, 5.74) is 0.113. The van der Waals surface area contributed by atoms with E-state index in [1.807, 2.05) is 0 Å². The second-order valence-corrected chi connectivity index (χ2v) is 7.63. The van der Waals surface area contributed by atoms with E-state index in [1.165, 1.54) is 0 Å². The maximum absolute atomic E-state index is 11.9. The van der Waals surface area contributed by atoms with Gasteiger partial charge in [-0.2, -0.15) is 0 Å². The van der Waals surface area contributed by atoms with E-state index in [0.29, 0.717) is 5.82 Å². The van der Waals surface area contributed by atoms with Gasteiger partial charge in [-0.1, -0.05) is 23.2 Å². The number of aryl methyl sites for hydroxylation is 1. The topological polar surface area (TPSA) is 80.2 Å². The fourth-order valence-corrected chi connectivity index (χ4v) is 3.51. The van der Waals surface area contributed by atoms with Crippen LogP contribution in [0.4, 0.5) is 5.69 Å². The van der Waals surface area contributed by atoms with E-state index in [9.17, 15) is 13.2 Å². The van der Waals surface area contributed by atoms with E-state index in [1.54, 1.807) is 6.92 Å². The molecule has 2 heterocycles. The number of aromatic nitrogens is 2. The maximum atomic E-state index is 11.9. The normalized spacial score (nSPS) is 20.1. The molecule has 1 aliphatic rings. The first-order chi connectivity index (χ1) is 8.70. The molecule has 1 atom stereocenters. The summed E-state index contributed by atoms with van der Waals surface area (Å²) in [5, 5.41) is -0.993. The Hall–Kier alpha value is -0.630. The highest BCUT2D eigenvalue weighted by Gasteiger charge is 2.40. The summed E-state index contributed by atoms with van der Waals surface area (Å²) >= 11 is 11.9. The number of halogens is 3. The number of anilines is 1. The van der Waals surface area contributed by atoms with Gasteiger partial charge in [-0.3, -0.25) is 4.79 Å². The van der Waals surface area contributed by atoms with Gasteiger partial charge in [0.2, 0.25) is 15.0 Å². The lowest BCUT2D eigenvalue weighted by Crippen LogP contribution is -2.27. The SMILES string of the molecule is Cc1nc(Cl)c(N2CC(S(=O)(=O)Cl)CC2=O)c(Cl)n1. The van der Waals surface area contributed by atoms with Gasteiger partial charge in [0.25, 0.3) is 0 Å². The third-order valence-electron chi connectivity index (χ3n) is 2.67. The van der Waals surface area contributed by atoms with Crippen molar-refractivity contribution in [1.29, 1.82) is 0 Å². The van der Waals surface area contributed by atoms with Gasteiger partial charge >= 0.3 is 0 Å². The van der Waals surface area contributed by atoms with Gasteiger partial charge in [-0.15, -0.1) is 0 Å². The summed E-state index contributed by atoms with van der Waals surface area (Å²) in [5.74, 6) is -0.0858. The molecule has 1 aromatic heterocycles. The van der Waals surface area contributed by atoms with Crippen LogP contribution < -0.4 is 4.90 Å². The molecule has 0 aliphatic carbocycles. The standard InChI is InChI=1S/C9H8Cl3N3O3S/c1-4-13-8(10)7(9(11)14-4)15-3-5(2-6(15)16)19(12,17)18/h5H,2-3H2,1H3. The first kappa shape index (κ1) is 14.8. The Morgan fingerprint density at radius 3 is 2.21 bits per heavy atom. The zero-order valence-corrected chi connectivity index (χ0v) is 12.7. The van der Waals surface area contributed by atoms with Crippen LogP contribution in [0.25, 0.3) is 0 Å². The highest BCUT2D eigenvalue weighted by molar-refractivity contribution is 8.14. The van der Waals surface area contributed by atoms with Crippen molar-refractivity contribution < 1.29 is 13.2 Å². The minimum atomic E-state index is -3.83. The smallest absolute Gasteiger partial charge is 0.237 e. The molecule has 1 saturated heterocycles. The van der Waals surface area contributed by atoms with Gasteiger partial charge in [-0.25, -0.2) is 18.4 Å². The molecule has 1 amide bonds. The molecular formula is C9H8Cl3N3O3S. The minimum Gasteiger partial charge on any atom is -0.306 e. The minimum absolute atomic E-state index is 0.00142. The average Bonchev–Trinajstić information content (AvgIpc) is 2.59. The van der Waals surface area contributed by atoms with Gasteiger partial charge < -0.3 is 4.90 Å². The monoisotopic (exact) mass is 343 g/mol. The van der Waals surface area contributed by atoms with Crippen LogP contribution in [0.15, 0.2) is 0 Å². The second kappa shape index (κ2) is 5.05. The number of carbonyl (C=O) groups excluding carboxylic acids is 1. The predicted octanol–water partition coefficient (Wildman–Crippen LogP) is 1.77. The molecule has 0 radical (unpaired) electrons. The lowest BCUT2D eigenvalue weighted by atomic mass is 10.4. The van der Waals surface area contributed by atoms with Crippen molar-refractivity contribution in [3.63, 3.8) is 0 Å². The molecule has 0 spiro atoms. The second-order valence-electron chi connectivity index (χ2n) is 4.01. The molecule has 1 aliphatic heterocycles. The van der Waals surface area contributed by atoms with Crippen LogP contribution in [-0.2, 0) is 13.8 Å². The number of nitrogens with zero attached hydrogens (tertiary/aromatic N) is 3. The van der Waals surface area contributed by atoms with Gasteiger partial charge in [0.05, 0.1) is 0 Å². The largest absolute Gasteiger partial charge is 0.306 e. The van der Waals surface area contributed by atoms with E-state index < -0.39 is 20.2 Å². The van der Waals surface area contributed by atoms with E-state index in [4.69, 9.17) is 33.9 Å². The van der Waals surface area contributed by atoms with Crippen LogP contribution in [0.2, 0.25) is 10.3 Å². The summed E-state index contributed by atoms with van der Waals surface area (Å²) in [6.07, 6.45) is -0.216. The molecule has 0 N–H and O–H groups in total. The van der Waals surface area contributed by atoms with Crippen molar-refractivity contribution in [2.75, 3.05) is 11.4 Å². The van der Waals surface area contributed by atoms with Crippen molar-refractivity contribution in [2.45, 2.75) is 18.6 Å². The molecule has 19 heavy (non-hydrogen) atoms. The fraction of sp³-hybridized carbons (Fsp3) is 0.444. The third kappa shape index (κ3) is 2.94. The van der Waals surface area contributed by atoms with Crippen molar-refractivity contribution in [3.05, 3.63) is 16.1 Å². The molecule has 104 valence electrons. The third-order valence-corrected chi connectivity index (χ3v) is 5.06. The Labute approximate surface area is 124 Å². The number of rotatable bonds is 2.